The molecule has 1 atom stereocenters. The predicted octanol–water partition coefficient (Wildman–Crippen LogP) is 6.54. The molecule has 35 heavy (non-hydrogen) atoms. The van der Waals surface area contributed by atoms with Crippen molar-refractivity contribution in [2.24, 2.45) is 0 Å². The van der Waals surface area contributed by atoms with Crippen LogP contribution >= 0.6 is 23.2 Å². The fourth-order valence-corrected chi connectivity index (χ4v) is 4.74. The van der Waals surface area contributed by atoms with Crippen molar-refractivity contribution >= 4 is 35.0 Å². The van der Waals surface area contributed by atoms with Crippen LogP contribution in [0.5, 0.6) is 5.75 Å². The average Bonchev–Trinajstić information content (AvgIpc) is 2.83. The van der Waals surface area contributed by atoms with Crippen molar-refractivity contribution in [1.82, 2.24) is 10.2 Å². The molecule has 5 nitrogen and oxygen atoms in total. The zero-order valence-electron chi connectivity index (χ0n) is 21.1. The van der Waals surface area contributed by atoms with Crippen molar-refractivity contribution < 1.29 is 14.3 Å². The molecule has 1 aliphatic rings. The minimum absolute atomic E-state index is 0.132. The van der Waals surface area contributed by atoms with Gasteiger partial charge in [0.15, 0.2) is 6.61 Å². The molecule has 1 saturated carbocycles. The van der Waals surface area contributed by atoms with Crippen molar-refractivity contribution in [3.05, 3.63) is 63.6 Å². The Kier molecular flexibility index (Phi) is 9.48. The molecule has 0 unspecified atom stereocenters. The van der Waals surface area contributed by atoms with Gasteiger partial charge in [-0.1, -0.05) is 87.5 Å². The number of hydrogen-bond acceptors (Lipinski definition) is 3. The van der Waals surface area contributed by atoms with Crippen LogP contribution in [-0.2, 0) is 21.5 Å². The molecule has 2 aromatic carbocycles. The Hall–Kier alpha value is -2.24. The lowest BCUT2D eigenvalue weighted by atomic mass is 9.86. The van der Waals surface area contributed by atoms with E-state index in [0.717, 1.165) is 36.8 Å². The number of benzene rings is 2. The topological polar surface area (TPSA) is 58.6 Å². The fourth-order valence-electron chi connectivity index (χ4n) is 4.42. The van der Waals surface area contributed by atoms with E-state index >= 15 is 0 Å². The number of hydrogen-bond donors (Lipinski definition) is 1. The maximum absolute atomic E-state index is 13.4. The lowest BCUT2D eigenvalue weighted by Gasteiger charge is -2.31. The Bertz CT molecular complexity index is 1030. The molecule has 0 heterocycles. The van der Waals surface area contributed by atoms with E-state index in [1.807, 2.05) is 30.3 Å². The summed E-state index contributed by atoms with van der Waals surface area (Å²) in [5, 5.41) is 3.99. The number of carbonyl (C=O) groups is 2. The van der Waals surface area contributed by atoms with Gasteiger partial charge in [-0.05, 0) is 54.5 Å². The second-order valence-corrected chi connectivity index (χ2v) is 11.1. The number of para-hydroxylation sites is 1. The van der Waals surface area contributed by atoms with Crippen molar-refractivity contribution in [3.63, 3.8) is 0 Å². The van der Waals surface area contributed by atoms with E-state index < -0.39 is 6.04 Å². The van der Waals surface area contributed by atoms with Gasteiger partial charge in [0, 0.05) is 12.6 Å². The molecule has 0 aliphatic heterocycles. The molecule has 0 bridgehead atoms. The van der Waals surface area contributed by atoms with Gasteiger partial charge in [-0.3, -0.25) is 9.59 Å². The molecule has 0 radical (unpaired) electrons. The number of halogens is 2. The van der Waals surface area contributed by atoms with Crippen LogP contribution in [0.15, 0.2) is 42.5 Å². The number of amides is 2. The van der Waals surface area contributed by atoms with Gasteiger partial charge in [-0.15, -0.1) is 0 Å². The molecular formula is C28H36Cl2N2O3. The van der Waals surface area contributed by atoms with Gasteiger partial charge in [0.05, 0.1) is 10.0 Å². The quantitative estimate of drug-likeness (QED) is 0.431. The highest BCUT2D eigenvalue weighted by Crippen LogP contribution is 2.31. The summed E-state index contributed by atoms with van der Waals surface area (Å²) in [6.07, 6.45) is 5.40. The number of rotatable bonds is 8. The summed E-state index contributed by atoms with van der Waals surface area (Å²) < 4.78 is 6.00. The summed E-state index contributed by atoms with van der Waals surface area (Å²) in [6.45, 7) is 8.12. The van der Waals surface area contributed by atoms with Crippen LogP contribution < -0.4 is 10.1 Å². The molecule has 1 fully saturated rings. The van der Waals surface area contributed by atoms with E-state index in [9.17, 15) is 9.59 Å². The van der Waals surface area contributed by atoms with Gasteiger partial charge >= 0.3 is 0 Å². The first kappa shape index (κ1) is 27.3. The normalized spacial score (nSPS) is 15.4. The summed E-state index contributed by atoms with van der Waals surface area (Å²) in [6, 6.07) is 12.5. The minimum atomic E-state index is -0.666. The van der Waals surface area contributed by atoms with Gasteiger partial charge in [0.25, 0.3) is 5.91 Å². The summed E-state index contributed by atoms with van der Waals surface area (Å²) in [5.74, 6) is 0.244. The first-order valence-corrected chi connectivity index (χ1v) is 13.1. The van der Waals surface area contributed by atoms with Gasteiger partial charge < -0.3 is 15.0 Å². The SMILES string of the molecule is C[C@@H](C(=O)NC1CCCCC1)N(Cc1ccc(Cl)c(Cl)c1)C(=O)COc1ccccc1C(C)(C)C. The first-order valence-electron chi connectivity index (χ1n) is 12.3. The highest BCUT2D eigenvalue weighted by molar-refractivity contribution is 6.42. The third-order valence-corrected chi connectivity index (χ3v) is 7.24. The number of nitrogens with one attached hydrogen (secondary N) is 1. The number of carbonyl (C=O) groups excluding carboxylic acids is 2. The van der Waals surface area contributed by atoms with E-state index in [2.05, 4.69) is 26.1 Å². The van der Waals surface area contributed by atoms with E-state index in [-0.39, 0.29) is 36.4 Å². The van der Waals surface area contributed by atoms with Crippen LogP contribution in [0.2, 0.25) is 10.0 Å². The first-order chi connectivity index (χ1) is 16.6. The van der Waals surface area contributed by atoms with Crippen molar-refractivity contribution in [1.29, 1.82) is 0 Å². The van der Waals surface area contributed by atoms with Gasteiger partial charge in [0.1, 0.15) is 11.8 Å². The molecule has 3 rings (SSSR count). The largest absolute Gasteiger partial charge is 0.483 e. The van der Waals surface area contributed by atoms with Crippen LogP contribution in [0.1, 0.15) is 70.9 Å². The summed E-state index contributed by atoms with van der Waals surface area (Å²) >= 11 is 12.3. The van der Waals surface area contributed by atoms with Crippen LogP contribution in [0.3, 0.4) is 0 Å². The van der Waals surface area contributed by atoms with Crippen LogP contribution in [-0.4, -0.2) is 35.4 Å². The van der Waals surface area contributed by atoms with Crippen molar-refractivity contribution in [2.75, 3.05) is 6.61 Å². The Balaban J connectivity index is 1.78. The Morgan fingerprint density at radius 1 is 1.06 bits per heavy atom. The molecule has 2 aromatic rings. The zero-order valence-corrected chi connectivity index (χ0v) is 22.6. The van der Waals surface area contributed by atoms with E-state index in [1.54, 1.807) is 24.0 Å². The van der Waals surface area contributed by atoms with E-state index in [0.29, 0.717) is 15.8 Å². The molecule has 0 spiro atoms. The Labute approximate surface area is 219 Å². The Morgan fingerprint density at radius 3 is 2.40 bits per heavy atom. The summed E-state index contributed by atoms with van der Waals surface area (Å²) in [4.78, 5) is 28.1. The third-order valence-electron chi connectivity index (χ3n) is 6.50. The summed E-state index contributed by atoms with van der Waals surface area (Å²) in [5.41, 5.74) is 1.68. The molecule has 190 valence electrons. The lowest BCUT2D eigenvalue weighted by Crippen LogP contribution is -2.51. The standard InChI is InChI=1S/C28H36Cl2N2O3/c1-19(27(34)31-21-10-6-5-7-11-21)32(17-20-14-15-23(29)24(30)16-20)26(33)18-35-25-13-9-8-12-22(25)28(2,3)4/h8-9,12-16,19,21H,5-7,10-11,17-18H2,1-4H3,(H,31,34)/t19-/m0/s1. The van der Waals surface area contributed by atoms with Gasteiger partial charge in [-0.2, -0.15) is 0 Å². The third kappa shape index (κ3) is 7.62. The average molecular weight is 520 g/mol. The van der Waals surface area contributed by atoms with E-state index in [4.69, 9.17) is 27.9 Å². The molecular weight excluding hydrogens is 483 g/mol. The predicted molar refractivity (Wildman–Crippen MR) is 142 cm³/mol. The second-order valence-electron chi connectivity index (χ2n) is 10.3. The smallest absolute Gasteiger partial charge is 0.261 e. The zero-order chi connectivity index (χ0) is 25.6. The Morgan fingerprint density at radius 2 is 1.74 bits per heavy atom. The maximum Gasteiger partial charge on any atom is 0.261 e. The second kappa shape index (κ2) is 12.1. The maximum atomic E-state index is 13.4. The fraction of sp³-hybridized carbons (Fsp3) is 0.500. The van der Waals surface area contributed by atoms with Crippen LogP contribution in [0.25, 0.3) is 0 Å². The van der Waals surface area contributed by atoms with Crippen molar-refractivity contribution in [2.45, 2.75) is 83.8 Å². The van der Waals surface area contributed by atoms with E-state index in [1.165, 1.54) is 6.42 Å². The molecule has 0 aromatic heterocycles. The van der Waals surface area contributed by atoms with Crippen molar-refractivity contribution in [3.8, 4) is 5.75 Å². The minimum Gasteiger partial charge on any atom is -0.483 e. The highest BCUT2D eigenvalue weighted by Gasteiger charge is 2.29. The molecule has 1 N–H and O–H groups in total. The summed E-state index contributed by atoms with van der Waals surface area (Å²) in [7, 11) is 0. The lowest BCUT2D eigenvalue weighted by molar-refractivity contribution is -0.142. The van der Waals surface area contributed by atoms with Gasteiger partial charge in [-0.25, -0.2) is 0 Å². The molecule has 1 aliphatic carbocycles. The molecule has 7 heteroatoms. The molecule has 0 saturated heterocycles. The van der Waals surface area contributed by atoms with Crippen LogP contribution in [0.4, 0.5) is 0 Å². The van der Waals surface area contributed by atoms with Gasteiger partial charge in [0.2, 0.25) is 5.91 Å². The highest BCUT2D eigenvalue weighted by atomic mass is 35.5. The van der Waals surface area contributed by atoms with Crippen LogP contribution in [0, 0.1) is 0 Å². The number of nitrogens with zero attached hydrogens (tertiary/aromatic N) is 1. The number of ether oxygens (including phenoxy) is 1. The monoisotopic (exact) mass is 518 g/mol. The molecule has 2 amide bonds.